The third kappa shape index (κ3) is 4.03. The summed E-state index contributed by atoms with van der Waals surface area (Å²) < 4.78 is 28.6. The van der Waals surface area contributed by atoms with Crippen LogP contribution in [0.2, 0.25) is 0 Å². The van der Waals surface area contributed by atoms with Crippen LogP contribution in [0.25, 0.3) is 0 Å². The van der Waals surface area contributed by atoms with Crippen molar-refractivity contribution in [2.75, 3.05) is 20.7 Å². The van der Waals surface area contributed by atoms with Crippen molar-refractivity contribution in [3.8, 4) is 11.5 Å². The Labute approximate surface area is 237 Å². The van der Waals surface area contributed by atoms with Crippen LogP contribution in [0.4, 0.5) is 0 Å². The number of benzene rings is 2. The zero-order valence-corrected chi connectivity index (χ0v) is 23.4. The molecule has 10 heteroatoms. The third-order valence-electron chi connectivity index (χ3n) is 9.00. The highest BCUT2D eigenvalue weighted by atomic mass is 16.6. The highest BCUT2D eigenvalue weighted by molar-refractivity contribution is 5.84. The minimum atomic E-state index is -1.33. The van der Waals surface area contributed by atoms with Crippen molar-refractivity contribution >= 4 is 17.9 Å². The van der Waals surface area contributed by atoms with Crippen molar-refractivity contribution in [2.45, 2.75) is 68.5 Å². The van der Waals surface area contributed by atoms with Gasteiger partial charge >= 0.3 is 17.9 Å². The molecular weight excluding hydrogens is 530 g/mol. The van der Waals surface area contributed by atoms with Crippen molar-refractivity contribution in [2.24, 2.45) is 0 Å². The Morgan fingerprint density at radius 2 is 1.85 bits per heavy atom. The van der Waals surface area contributed by atoms with Crippen LogP contribution in [0.1, 0.15) is 49.5 Å². The maximum Gasteiger partial charge on any atom is 0.353 e. The molecule has 1 saturated heterocycles. The van der Waals surface area contributed by atoms with E-state index in [2.05, 4.69) is 4.90 Å². The number of hydrogen-bond donors (Lipinski definition) is 1. The molecule has 2 bridgehead atoms. The highest BCUT2D eigenvalue weighted by Crippen LogP contribution is 2.65. The van der Waals surface area contributed by atoms with Crippen molar-refractivity contribution in [1.82, 2.24) is 4.90 Å². The largest absolute Gasteiger partial charge is 0.493 e. The summed E-state index contributed by atoms with van der Waals surface area (Å²) in [6.45, 7) is 3.32. The quantitative estimate of drug-likeness (QED) is 0.398. The lowest BCUT2D eigenvalue weighted by Crippen LogP contribution is -2.74. The second kappa shape index (κ2) is 9.88. The van der Waals surface area contributed by atoms with Gasteiger partial charge in [0, 0.05) is 30.5 Å². The summed E-state index contributed by atoms with van der Waals surface area (Å²) in [6, 6.07) is 12.2. The number of aliphatic hydroxyl groups is 1. The van der Waals surface area contributed by atoms with E-state index >= 15 is 0 Å². The summed E-state index contributed by atoms with van der Waals surface area (Å²) in [5, 5.41) is 12.3. The summed E-state index contributed by atoms with van der Waals surface area (Å²) in [5.74, 6) is -0.998. The van der Waals surface area contributed by atoms with E-state index in [0.717, 1.165) is 17.7 Å². The number of methoxy groups -OCH3 is 1. The van der Waals surface area contributed by atoms with Crippen molar-refractivity contribution in [1.29, 1.82) is 0 Å². The Morgan fingerprint density at radius 1 is 1.10 bits per heavy atom. The highest BCUT2D eigenvalue weighted by Gasteiger charge is 2.72. The zero-order chi connectivity index (χ0) is 29.1. The van der Waals surface area contributed by atoms with Gasteiger partial charge in [0.1, 0.15) is 5.76 Å². The second-order valence-electron chi connectivity index (χ2n) is 11.2. The number of esters is 3. The van der Waals surface area contributed by atoms with E-state index in [0.29, 0.717) is 29.9 Å². The molecule has 2 unspecified atom stereocenters. The van der Waals surface area contributed by atoms with E-state index in [4.69, 9.17) is 23.7 Å². The number of ether oxygens (including phenoxy) is 5. The number of likely N-dealkylation sites (N-methyl/N-ethyl adjacent to an activating group) is 1. The molecule has 0 saturated carbocycles. The maximum absolute atomic E-state index is 13.3. The van der Waals surface area contributed by atoms with Crippen molar-refractivity contribution in [3.05, 3.63) is 71.0 Å². The van der Waals surface area contributed by atoms with Gasteiger partial charge in [0.05, 0.1) is 18.1 Å². The molecule has 0 aromatic heterocycles. The predicted octanol–water partition coefficient (Wildman–Crippen LogP) is 2.75. The fourth-order valence-corrected chi connectivity index (χ4v) is 7.12. The molecule has 1 N–H and O–H groups in total. The molecule has 10 nitrogen and oxygen atoms in total. The number of piperidine rings is 1. The lowest BCUT2D eigenvalue weighted by Gasteiger charge is -2.61. The molecule has 2 heterocycles. The van der Waals surface area contributed by atoms with Crippen molar-refractivity contribution < 1.29 is 43.2 Å². The van der Waals surface area contributed by atoms with Gasteiger partial charge in [0.25, 0.3) is 0 Å². The minimum Gasteiger partial charge on any atom is -0.493 e. The zero-order valence-electron chi connectivity index (χ0n) is 23.4. The molecule has 0 radical (unpaired) electrons. The minimum absolute atomic E-state index is 0.140. The van der Waals surface area contributed by atoms with Gasteiger partial charge in [-0.25, -0.2) is 9.59 Å². The van der Waals surface area contributed by atoms with E-state index in [9.17, 15) is 19.5 Å². The molecule has 2 aromatic rings. The number of likely N-dealkylation sites (tertiary alicyclic amines) is 1. The van der Waals surface area contributed by atoms with Crippen LogP contribution in [-0.4, -0.2) is 72.5 Å². The number of nitrogens with zero attached hydrogens (tertiary/aromatic N) is 1. The molecule has 216 valence electrons. The van der Waals surface area contributed by atoms with Gasteiger partial charge in [-0.1, -0.05) is 36.4 Å². The van der Waals surface area contributed by atoms with Crippen LogP contribution >= 0.6 is 0 Å². The van der Waals surface area contributed by atoms with Crippen LogP contribution in [0.15, 0.2) is 54.3 Å². The van der Waals surface area contributed by atoms with E-state index in [1.54, 1.807) is 43.5 Å². The van der Waals surface area contributed by atoms with E-state index in [1.807, 2.05) is 19.2 Å². The van der Waals surface area contributed by atoms with Crippen molar-refractivity contribution in [3.63, 3.8) is 0 Å². The first-order chi connectivity index (χ1) is 19.6. The Kier molecular flexibility index (Phi) is 6.58. The van der Waals surface area contributed by atoms with Gasteiger partial charge in [-0.3, -0.25) is 4.79 Å². The lowest BCUT2D eigenvalue weighted by molar-refractivity contribution is -0.180. The number of carbonyl (C=O) groups excluding carboxylic acids is 3. The smallest absolute Gasteiger partial charge is 0.353 e. The summed E-state index contributed by atoms with van der Waals surface area (Å²) in [6.07, 6.45) is -0.189. The van der Waals surface area contributed by atoms with Crippen LogP contribution < -0.4 is 9.47 Å². The Morgan fingerprint density at radius 3 is 2.56 bits per heavy atom. The summed E-state index contributed by atoms with van der Waals surface area (Å²) in [5.41, 5.74) is 0.437. The van der Waals surface area contributed by atoms with Gasteiger partial charge in [-0.2, -0.15) is 0 Å². The van der Waals surface area contributed by atoms with Gasteiger partial charge < -0.3 is 33.7 Å². The fourth-order valence-electron chi connectivity index (χ4n) is 7.12. The van der Waals surface area contributed by atoms with Crippen LogP contribution in [0.3, 0.4) is 0 Å². The van der Waals surface area contributed by atoms with Crippen LogP contribution in [-0.2, 0) is 40.4 Å². The fraction of sp³-hybridized carbons (Fsp3) is 0.452. The third-order valence-corrected chi connectivity index (χ3v) is 9.00. The molecular formula is C31H33NO9. The molecule has 1 spiro atoms. The van der Waals surface area contributed by atoms with E-state index in [1.165, 1.54) is 13.8 Å². The monoisotopic (exact) mass is 563 g/mol. The lowest BCUT2D eigenvalue weighted by atomic mass is 9.50. The number of hydrogen-bond acceptors (Lipinski definition) is 10. The first-order valence-corrected chi connectivity index (χ1v) is 13.7. The molecule has 6 atom stereocenters. The molecule has 1 fully saturated rings. The van der Waals surface area contributed by atoms with Gasteiger partial charge in [0.15, 0.2) is 23.7 Å². The summed E-state index contributed by atoms with van der Waals surface area (Å²) in [4.78, 5) is 40.1. The van der Waals surface area contributed by atoms with Crippen LogP contribution in [0.5, 0.6) is 11.5 Å². The van der Waals surface area contributed by atoms with E-state index < -0.39 is 47.2 Å². The molecule has 2 aliphatic heterocycles. The summed E-state index contributed by atoms with van der Waals surface area (Å²) >= 11 is 0. The van der Waals surface area contributed by atoms with Gasteiger partial charge in [-0.05, 0) is 51.1 Å². The number of carbonyl (C=O) groups is 3. The standard InChI is InChI=1S/C31H33NO9/c1-17(38-29(35)25(39-18(2)33)19-8-6-5-7-9-19)28(34)40-22-12-13-31(36)23-16-20-10-11-21(37-4)26-24(20)30(31,27(22)41-26)14-15-32(23)3/h5-12,17,23,25,27,36H,13-16H2,1-4H3/t17-,23+,25-,27?,30?,31+/m0/s1. The average Bonchev–Trinajstić information content (AvgIpc) is 3.31. The Balaban J connectivity index is 1.27. The topological polar surface area (TPSA) is 121 Å². The molecule has 41 heavy (non-hydrogen) atoms. The van der Waals surface area contributed by atoms with E-state index in [-0.39, 0.29) is 18.2 Å². The second-order valence-corrected chi connectivity index (χ2v) is 11.2. The first kappa shape index (κ1) is 27.3. The Bertz CT molecular complexity index is 1440. The SMILES string of the molecule is COc1ccc2c3c1OC1C(OC(=O)[C@H](C)OC(=O)[C@@H](OC(C)=O)c4ccccc4)=CC[C@@]4(O)[C@@H](C2)N(C)CCC314. The number of rotatable bonds is 7. The molecule has 2 aromatic carbocycles. The van der Waals surface area contributed by atoms with Gasteiger partial charge in [-0.15, -0.1) is 0 Å². The Hall–Kier alpha value is -3.89. The summed E-state index contributed by atoms with van der Waals surface area (Å²) in [7, 11) is 3.59. The van der Waals surface area contributed by atoms with Gasteiger partial charge in [0.2, 0.25) is 6.10 Å². The average molecular weight is 564 g/mol. The maximum atomic E-state index is 13.3. The first-order valence-electron chi connectivity index (χ1n) is 13.7. The molecule has 6 rings (SSSR count). The molecule has 4 aliphatic rings. The molecule has 0 amide bonds. The predicted molar refractivity (Wildman–Crippen MR) is 144 cm³/mol. The molecule has 2 aliphatic carbocycles. The normalized spacial score (nSPS) is 28.8. The van der Waals surface area contributed by atoms with Crippen LogP contribution in [0, 0.1) is 0 Å².